The SMILES string of the molecule is O=S(=O)(Nc1ccc(O)cn1)N1CCN(c2ccc(C(F)(F)F)cc2)CC1. The van der Waals surface area contributed by atoms with Crippen molar-refractivity contribution >= 4 is 21.7 Å². The molecule has 11 heteroatoms. The van der Waals surface area contributed by atoms with Crippen molar-refractivity contribution in [2.24, 2.45) is 0 Å². The van der Waals surface area contributed by atoms with Crippen LogP contribution in [-0.2, 0) is 16.4 Å². The number of benzene rings is 1. The fraction of sp³-hybridized carbons (Fsp3) is 0.312. The summed E-state index contributed by atoms with van der Waals surface area (Å²) in [5.74, 6) is 0.000993. The predicted octanol–water partition coefficient (Wildman–Crippen LogP) is 2.28. The monoisotopic (exact) mass is 402 g/mol. The Kier molecular flexibility index (Phi) is 5.16. The molecule has 1 aliphatic rings. The molecule has 0 aliphatic carbocycles. The summed E-state index contributed by atoms with van der Waals surface area (Å²) in [6, 6.07) is 7.43. The van der Waals surface area contributed by atoms with Gasteiger partial charge in [-0.1, -0.05) is 0 Å². The summed E-state index contributed by atoms with van der Waals surface area (Å²) in [5.41, 5.74) is -0.119. The van der Waals surface area contributed by atoms with Crippen LogP contribution >= 0.6 is 0 Å². The maximum absolute atomic E-state index is 12.6. The second kappa shape index (κ2) is 7.24. The Balaban J connectivity index is 1.61. The second-order valence-corrected chi connectivity index (χ2v) is 7.61. The number of aromatic nitrogens is 1. The minimum Gasteiger partial charge on any atom is -0.506 e. The number of pyridine rings is 1. The van der Waals surface area contributed by atoms with Gasteiger partial charge in [-0.15, -0.1) is 0 Å². The van der Waals surface area contributed by atoms with E-state index in [1.165, 1.54) is 28.6 Å². The van der Waals surface area contributed by atoms with Gasteiger partial charge in [0.1, 0.15) is 11.6 Å². The molecule has 3 rings (SSSR count). The number of anilines is 2. The van der Waals surface area contributed by atoms with Gasteiger partial charge in [0.05, 0.1) is 11.8 Å². The van der Waals surface area contributed by atoms with Crippen molar-refractivity contribution < 1.29 is 26.7 Å². The number of rotatable bonds is 4. The van der Waals surface area contributed by atoms with E-state index in [9.17, 15) is 26.7 Å². The molecule has 0 radical (unpaired) electrons. The molecular weight excluding hydrogens is 385 g/mol. The molecule has 0 unspecified atom stereocenters. The average Bonchev–Trinajstić information content (AvgIpc) is 2.63. The topological polar surface area (TPSA) is 85.8 Å². The van der Waals surface area contributed by atoms with E-state index in [0.29, 0.717) is 18.8 Å². The molecule has 146 valence electrons. The van der Waals surface area contributed by atoms with Crippen LogP contribution in [0.1, 0.15) is 5.56 Å². The summed E-state index contributed by atoms with van der Waals surface area (Å²) in [6.45, 7) is 1.04. The number of aromatic hydroxyl groups is 1. The average molecular weight is 402 g/mol. The first-order valence-corrected chi connectivity index (χ1v) is 9.44. The van der Waals surface area contributed by atoms with Crippen molar-refractivity contribution in [3.8, 4) is 5.75 Å². The Morgan fingerprint density at radius 3 is 2.15 bits per heavy atom. The van der Waals surface area contributed by atoms with Gasteiger partial charge < -0.3 is 10.0 Å². The zero-order valence-electron chi connectivity index (χ0n) is 14.0. The fourth-order valence-corrected chi connectivity index (χ4v) is 3.85. The first-order valence-electron chi connectivity index (χ1n) is 8.00. The minimum absolute atomic E-state index is 0.0805. The molecule has 1 aromatic heterocycles. The molecule has 0 bridgehead atoms. The van der Waals surface area contributed by atoms with Crippen LogP contribution in [0, 0.1) is 0 Å². The van der Waals surface area contributed by atoms with Crippen molar-refractivity contribution in [1.82, 2.24) is 9.29 Å². The van der Waals surface area contributed by atoms with E-state index < -0.39 is 21.9 Å². The molecule has 0 spiro atoms. The fourth-order valence-electron chi connectivity index (χ4n) is 2.69. The smallest absolute Gasteiger partial charge is 0.416 e. The molecule has 2 heterocycles. The van der Waals surface area contributed by atoms with Crippen molar-refractivity contribution in [3.05, 3.63) is 48.2 Å². The molecule has 1 saturated heterocycles. The molecule has 0 saturated carbocycles. The summed E-state index contributed by atoms with van der Waals surface area (Å²) in [6.07, 6.45) is -3.26. The van der Waals surface area contributed by atoms with Gasteiger partial charge >= 0.3 is 16.4 Å². The maximum atomic E-state index is 12.6. The van der Waals surface area contributed by atoms with E-state index in [1.54, 1.807) is 0 Å². The molecular formula is C16H17F3N4O3S. The predicted molar refractivity (Wildman–Crippen MR) is 93.7 cm³/mol. The highest BCUT2D eigenvalue weighted by atomic mass is 32.2. The largest absolute Gasteiger partial charge is 0.506 e. The van der Waals surface area contributed by atoms with Gasteiger partial charge in [-0.05, 0) is 36.4 Å². The highest BCUT2D eigenvalue weighted by Gasteiger charge is 2.31. The van der Waals surface area contributed by atoms with Gasteiger partial charge in [-0.3, -0.25) is 4.72 Å². The van der Waals surface area contributed by atoms with E-state index in [0.717, 1.165) is 18.3 Å². The van der Waals surface area contributed by atoms with E-state index in [-0.39, 0.29) is 24.7 Å². The first-order chi connectivity index (χ1) is 12.6. The lowest BCUT2D eigenvalue weighted by atomic mass is 10.2. The van der Waals surface area contributed by atoms with E-state index >= 15 is 0 Å². The molecule has 7 nitrogen and oxygen atoms in total. The van der Waals surface area contributed by atoms with Gasteiger partial charge in [0.15, 0.2) is 0 Å². The summed E-state index contributed by atoms with van der Waals surface area (Å²) in [5, 5.41) is 9.18. The highest BCUT2D eigenvalue weighted by molar-refractivity contribution is 7.90. The zero-order valence-corrected chi connectivity index (χ0v) is 14.8. The van der Waals surface area contributed by atoms with Crippen LogP contribution in [0.2, 0.25) is 0 Å². The van der Waals surface area contributed by atoms with Crippen LogP contribution < -0.4 is 9.62 Å². The van der Waals surface area contributed by atoms with Crippen LogP contribution in [-0.4, -0.2) is 49.0 Å². The molecule has 2 N–H and O–H groups in total. The van der Waals surface area contributed by atoms with Crippen LogP contribution in [0.3, 0.4) is 0 Å². The lowest BCUT2D eigenvalue weighted by molar-refractivity contribution is -0.137. The van der Waals surface area contributed by atoms with E-state index in [4.69, 9.17) is 0 Å². The molecule has 0 amide bonds. The van der Waals surface area contributed by atoms with E-state index in [2.05, 4.69) is 9.71 Å². The number of piperazine rings is 1. The number of nitrogens with one attached hydrogen (secondary N) is 1. The quantitative estimate of drug-likeness (QED) is 0.820. The van der Waals surface area contributed by atoms with Gasteiger partial charge in [0.2, 0.25) is 0 Å². The third-order valence-corrected chi connectivity index (χ3v) is 5.63. The molecule has 0 atom stereocenters. The van der Waals surface area contributed by atoms with Gasteiger partial charge in [0.25, 0.3) is 0 Å². The highest BCUT2D eigenvalue weighted by Crippen LogP contribution is 2.30. The normalized spacial score (nSPS) is 16.3. The lowest BCUT2D eigenvalue weighted by Gasteiger charge is -2.35. The zero-order chi connectivity index (χ0) is 19.7. The number of halogens is 3. The Hall–Kier alpha value is -2.53. The standard InChI is InChI=1S/C16H17F3N4O3S/c17-16(18,19)12-1-3-13(4-2-12)22-7-9-23(10-8-22)27(25,26)21-15-6-5-14(24)11-20-15/h1-6,11,24H,7-10H2,(H,20,21). The molecule has 2 aromatic rings. The molecule has 27 heavy (non-hydrogen) atoms. The summed E-state index contributed by atoms with van der Waals surface area (Å²) in [7, 11) is -3.82. The minimum atomic E-state index is -4.39. The summed E-state index contributed by atoms with van der Waals surface area (Å²) < 4.78 is 66.3. The van der Waals surface area contributed by atoms with Gasteiger partial charge in [-0.2, -0.15) is 25.9 Å². The van der Waals surface area contributed by atoms with Crippen molar-refractivity contribution in [2.45, 2.75) is 6.18 Å². The van der Waals surface area contributed by atoms with Gasteiger partial charge in [-0.25, -0.2) is 4.98 Å². The Morgan fingerprint density at radius 1 is 1.00 bits per heavy atom. The van der Waals surface area contributed by atoms with E-state index in [1.807, 2.05) is 4.90 Å². The number of hydrogen-bond donors (Lipinski definition) is 2. The van der Waals surface area contributed by atoms with Crippen molar-refractivity contribution in [2.75, 3.05) is 35.8 Å². The third kappa shape index (κ3) is 4.61. The van der Waals surface area contributed by atoms with Crippen LogP contribution in [0.5, 0.6) is 5.75 Å². The van der Waals surface area contributed by atoms with Crippen LogP contribution in [0.25, 0.3) is 0 Å². The first kappa shape index (κ1) is 19.2. The van der Waals surface area contributed by atoms with Crippen LogP contribution in [0.4, 0.5) is 24.7 Å². The second-order valence-electron chi connectivity index (χ2n) is 5.94. The number of nitrogens with zero attached hydrogens (tertiary/aromatic N) is 3. The number of alkyl halides is 3. The summed E-state index contributed by atoms with van der Waals surface area (Å²) >= 11 is 0. The maximum Gasteiger partial charge on any atom is 0.416 e. The third-order valence-electron chi connectivity index (χ3n) is 4.12. The Morgan fingerprint density at radius 2 is 1.63 bits per heavy atom. The summed E-state index contributed by atoms with van der Waals surface area (Å²) in [4.78, 5) is 5.60. The lowest BCUT2D eigenvalue weighted by Crippen LogP contribution is -2.50. The molecule has 1 fully saturated rings. The Labute approximate surface area is 154 Å². The molecule has 1 aliphatic heterocycles. The van der Waals surface area contributed by atoms with Gasteiger partial charge in [0, 0.05) is 31.9 Å². The van der Waals surface area contributed by atoms with Crippen LogP contribution in [0.15, 0.2) is 42.6 Å². The number of hydrogen-bond acceptors (Lipinski definition) is 5. The van der Waals surface area contributed by atoms with Crippen molar-refractivity contribution in [1.29, 1.82) is 0 Å². The Bertz CT molecular complexity index is 879. The van der Waals surface area contributed by atoms with Crippen molar-refractivity contribution in [3.63, 3.8) is 0 Å². The molecule has 1 aromatic carbocycles.